The van der Waals surface area contributed by atoms with Crippen molar-refractivity contribution in [3.63, 3.8) is 0 Å². The van der Waals surface area contributed by atoms with Crippen molar-refractivity contribution in [2.24, 2.45) is 0 Å². The molecular weight excluding hydrogens is 478 g/mol. The molecule has 196 valence electrons. The minimum atomic E-state index is -0.275. The molecule has 1 aliphatic heterocycles. The van der Waals surface area contributed by atoms with Gasteiger partial charge in [-0.15, -0.1) is 0 Å². The first-order chi connectivity index (χ1) is 18.5. The fourth-order valence-electron chi connectivity index (χ4n) is 4.95. The highest BCUT2D eigenvalue weighted by molar-refractivity contribution is 6.02. The second-order valence-corrected chi connectivity index (χ2v) is 9.55. The normalized spacial score (nSPS) is 14.1. The van der Waals surface area contributed by atoms with Crippen molar-refractivity contribution in [3.8, 4) is 11.6 Å². The number of piperidine rings is 1. The first-order valence-electron chi connectivity index (χ1n) is 12.7. The van der Waals surface area contributed by atoms with Gasteiger partial charge in [0.15, 0.2) is 0 Å². The van der Waals surface area contributed by atoms with Crippen LogP contribution in [0.25, 0.3) is 16.7 Å². The van der Waals surface area contributed by atoms with E-state index in [0.717, 1.165) is 48.3 Å². The molecule has 4 aromatic rings. The first-order valence-corrected chi connectivity index (χ1v) is 12.7. The maximum atomic E-state index is 12.3. The van der Waals surface area contributed by atoms with Crippen molar-refractivity contribution >= 4 is 39.8 Å². The fourth-order valence-corrected chi connectivity index (χ4v) is 4.95. The maximum absolute atomic E-state index is 12.3. The molecule has 2 N–H and O–H groups in total. The molecule has 2 aromatic carbocycles. The topological polar surface area (TPSA) is 87.5 Å². The van der Waals surface area contributed by atoms with Gasteiger partial charge in [-0.3, -0.25) is 4.79 Å². The van der Waals surface area contributed by atoms with Gasteiger partial charge in [-0.2, -0.15) is 4.98 Å². The predicted octanol–water partition coefficient (Wildman–Crippen LogP) is 4.83. The van der Waals surface area contributed by atoms with Crippen LogP contribution in [0.4, 0.5) is 23.0 Å². The number of carbonyl (C=O) groups excluding carboxylic acids is 1. The van der Waals surface area contributed by atoms with E-state index in [-0.39, 0.29) is 5.91 Å². The Bertz CT molecular complexity index is 1450. The number of carbonyl (C=O) groups is 1. The number of benzene rings is 2. The standard InChI is InChI=1S/C29H33N7O2/c1-5-28(37)31-22-18-23(26(38-4)19-25(22)35-15-12-21(13-16-35)34(2)3)32-29-30-14-10-27(33-29)36-17-11-20-8-6-7-9-24(20)36/h5-11,14,17-19,21H,1,12-13,15-16H2,2-4H3,(H,31,37)(H,30,32,33). The van der Waals surface area contributed by atoms with Gasteiger partial charge < -0.3 is 29.7 Å². The van der Waals surface area contributed by atoms with Crippen LogP contribution in [-0.4, -0.2) is 65.7 Å². The monoisotopic (exact) mass is 511 g/mol. The van der Waals surface area contributed by atoms with Gasteiger partial charge in [-0.25, -0.2) is 4.98 Å². The molecule has 0 bridgehead atoms. The van der Waals surface area contributed by atoms with Crippen LogP contribution in [0.15, 0.2) is 73.6 Å². The summed E-state index contributed by atoms with van der Waals surface area (Å²) < 4.78 is 7.79. The van der Waals surface area contributed by atoms with Crippen LogP contribution >= 0.6 is 0 Å². The van der Waals surface area contributed by atoms with Crippen LogP contribution in [0.2, 0.25) is 0 Å². The van der Waals surface area contributed by atoms with Gasteiger partial charge >= 0.3 is 0 Å². The molecule has 9 nitrogen and oxygen atoms in total. The number of hydrogen-bond acceptors (Lipinski definition) is 7. The number of nitrogens with one attached hydrogen (secondary N) is 2. The summed E-state index contributed by atoms with van der Waals surface area (Å²) in [5.74, 6) is 1.51. The first kappa shape index (κ1) is 25.3. The van der Waals surface area contributed by atoms with Crippen LogP contribution in [0, 0.1) is 0 Å². The molecule has 5 rings (SSSR count). The number of fused-ring (bicyclic) bond motifs is 1. The molecule has 0 aliphatic carbocycles. The van der Waals surface area contributed by atoms with Crippen LogP contribution in [-0.2, 0) is 4.79 Å². The van der Waals surface area contributed by atoms with Gasteiger partial charge in [-0.1, -0.05) is 24.8 Å². The molecule has 3 heterocycles. The molecule has 1 amide bonds. The summed E-state index contributed by atoms with van der Waals surface area (Å²) in [6.07, 6.45) is 7.06. The average Bonchev–Trinajstić information content (AvgIpc) is 3.38. The summed E-state index contributed by atoms with van der Waals surface area (Å²) >= 11 is 0. The third kappa shape index (κ3) is 5.19. The van der Waals surface area contributed by atoms with Crippen molar-refractivity contribution < 1.29 is 9.53 Å². The zero-order valence-corrected chi connectivity index (χ0v) is 22.0. The van der Waals surface area contributed by atoms with Gasteiger partial charge in [0.1, 0.15) is 11.6 Å². The maximum Gasteiger partial charge on any atom is 0.247 e. The fraction of sp³-hybridized carbons (Fsp3) is 0.276. The third-order valence-corrected chi connectivity index (χ3v) is 7.03. The summed E-state index contributed by atoms with van der Waals surface area (Å²) in [7, 11) is 5.87. The van der Waals surface area contributed by atoms with E-state index in [1.54, 1.807) is 13.3 Å². The molecule has 0 atom stereocenters. The summed E-state index contributed by atoms with van der Waals surface area (Å²) in [5, 5.41) is 7.40. The number of hydrogen-bond donors (Lipinski definition) is 2. The molecule has 0 spiro atoms. The van der Waals surface area contributed by atoms with E-state index in [2.05, 4.69) is 64.3 Å². The van der Waals surface area contributed by atoms with E-state index in [1.807, 2.05) is 41.1 Å². The van der Waals surface area contributed by atoms with Crippen molar-refractivity contribution in [2.45, 2.75) is 18.9 Å². The lowest BCUT2D eigenvalue weighted by Crippen LogP contribution is -2.42. The highest BCUT2D eigenvalue weighted by atomic mass is 16.5. The number of para-hydroxylation sites is 1. The minimum absolute atomic E-state index is 0.275. The van der Waals surface area contributed by atoms with E-state index >= 15 is 0 Å². The molecule has 1 aliphatic rings. The smallest absolute Gasteiger partial charge is 0.247 e. The largest absolute Gasteiger partial charge is 0.494 e. The SMILES string of the molecule is C=CC(=O)Nc1cc(Nc2nccc(-n3ccc4ccccc43)n2)c(OC)cc1N1CCC(N(C)C)CC1. The lowest BCUT2D eigenvalue weighted by Gasteiger charge is -2.37. The second kappa shape index (κ2) is 10.9. The van der Waals surface area contributed by atoms with Crippen molar-refractivity contribution in [1.29, 1.82) is 0 Å². The van der Waals surface area contributed by atoms with Gasteiger partial charge in [-0.05, 0) is 62.7 Å². The van der Waals surface area contributed by atoms with E-state index in [4.69, 9.17) is 9.72 Å². The molecule has 1 saturated heterocycles. The molecule has 38 heavy (non-hydrogen) atoms. The molecule has 0 saturated carbocycles. The molecule has 2 aromatic heterocycles. The van der Waals surface area contributed by atoms with Gasteiger partial charge in [0, 0.05) is 37.6 Å². The Morgan fingerprint density at radius 2 is 1.92 bits per heavy atom. The highest BCUT2D eigenvalue weighted by Gasteiger charge is 2.24. The van der Waals surface area contributed by atoms with E-state index < -0.39 is 0 Å². The average molecular weight is 512 g/mol. The summed E-state index contributed by atoms with van der Waals surface area (Å²) in [6, 6.07) is 16.4. The Hall–Kier alpha value is -4.37. The number of amides is 1. The quantitative estimate of drug-likeness (QED) is 0.328. The highest BCUT2D eigenvalue weighted by Crippen LogP contribution is 2.39. The number of rotatable bonds is 8. The van der Waals surface area contributed by atoms with E-state index in [9.17, 15) is 4.79 Å². The molecule has 1 fully saturated rings. The number of aromatic nitrogens is 3. The van der Waals surface area contributed by atoms with E-state index in [0.29, 0.717) is 29.1 Å². The van der Waals surface area contributed by atoms with Crippen molar-refractivity contribution in [1.82, 2.24) is 19.4 Å². The van der Waals surface area contributed by atoms with E-state index in [1.165, 1.54) is 6.08 Å². The van der Waals surface area contributed by atoms with Crippen molar-refractivity contribution in [2.75, 3.05) is 49.8 Å². The lowest BCUT2D eigenvalue weighted by atomic mass is 10.0. The Morgan fingerprint density at radius 3 is 2.66 bits per heavy atom. The number of anilines is 4. The van der Waals surface area contributed by atoms with Gasteiger partial charge in [0.25, 0.3) is 0 Å². The van der Waals surface area contributed by atoms with Crippen LogP contribution in [0.1, 0.15) is 12.8 Å². The molecular formula is C29H33N7O2. The molecule has 9 heteroatoms. The Kier molecular flexibility index (Phi) is 7.28. The van der Waals surface area contributed by atoms with Gasteiger partial charge in [0.05, 0.1) is 29.7 Å². The zero-order chi connectivity index (χ0) is 26.6. The number of nitrogens with zero attached hydrogens (tertiary/aromatic N) is 5. The summed E-state index contributed by atoms with van der Waals surface area (Å²) in [4.78, 5) is 26.1. The third-order valence-electron chi connectivity index (χ3n) is 7.03. The lowest BCUT2D eigenvalue weighted by molar-refractivity contribution is -0.111. The molecule has 0 unspecified atom stereocenters. The number of ether oxygens (including phenoxy) is 1. The van der Waals surface area contributed by atoms with Crippen LogP contribution in [0.3, 0.4) is 0 Å². The molecule has 0 radical (unpaired) electrons. The van der Waals surface area contributed by atoms with Crippen LogP contribution < -0.4 is 20.3 Å². The Morgan fingerprint density at radius 1 is 1.13 bits per heavy atom. The van der Waals surface area contributed by atoms with Crippen LogP contribution in [0.5, 0.6) is 5.75 Å². The van der Waals surface area contributed by atoms with Crippen molar-refractivity contribution in [3.05, 3.63) is 73.6 Å². The second-order valence-electron chi connectivity index (χ2n) is 9.55. The summed E-state index contributed by atoms with van der Waals surface area (Å²) in [6.45, 7) is 5.38. The minimum Gasteiger partial charge on any atom is -0.494 e. The predicted molar refractivity (Wildman–Crippen MR) is 153 cm³/mol. The summed E-state index contributed by atoms with van der Waals surface area (Å²) in [5.41, 5.74) is 3.29. The van der Waals surface area contributed by atoms with Gasteiger partial charge in [0.2, 0.25) is 11.9 Å². The Labute approximate surface area is 222 Å². The number of methoxy groups -OCH3 is 1. The zero-order valence-electron chi connectivity index (χ0n) is 22.0. The Balaban J connectivity index is 1.47.